The molecule has 0 aliphatic carbocycles. The summed E-state index contributed by atoms with van der Waals surface area (Å²) in [6.45, 7) is 3.76. The summed E-state index contributed by atoms with van der Waals surface area (Å²) in [6, 6.07) is 21.6. The van der Waals surface area contributed by atoms with Gasteiger partial charge in [0.2, 0.25) is 0 Å². The predicted octanol–water partition coefficient (Wildman–Crippen LogP) is 4.39. The molecule has 1 aliphatic heterocycles. The van der Waals surface area contributed by atoms with Crippen LogP contribution in [0.25, 0.3) is 0 Å². The van der Waals surface area contributed by atoms with Crippen LogP contribution in [0.3, 0.4) is 0 Å². The van der Waals surface area contributed by atoms with Gasteiger partial charge in [0.25, 0.3) is 0 Å². The fourth-order valence-corrected chi connectivity index (χ4v) is 4.00. The van der Waals surface area contributed by atoms with E-state index in [0.717, 1.165) is 26.2 Å². The van der Waals surface area contributed by atoms with Crippen LogP contribution in [0, 0.1) is 0 Å². The zero-order chi connectivity index (χ0) is 16.9. The van der Waals surface area contributed by atoms with Gasteiger partial charge in [-0.2, -0.15) is 0 Å². The van der Waals surface area contributed by atoms with Crippen LogP contribution in [-0.2, 0) is 26.2 Å². The lowest BCUT2D eigenvalue weighted by atomic mass is 10.1. The summed E-state index contributed by atoms with van der Waals surface area (Å²) in [5, 5.41) is 3.47. The van der Waals surface area contributed by atoms with E-state index in [-0.39, 0.29) is 0 Å². The lowest BCUT2D eigenvalue weighted by molar-refractivity contribution is 0.509. The summed E-state index contributed by atoms with van der Waals surface area (Å²) in [5.74, 6) is 0. The SMILES string of the molecule is c1cncc(CNCc2ccc(SN3Cc4ccccc4C3)cc2)c1. The molecule has 0 atom stereocenters. The minimum Gasteiger partial charge on any atom is -0.309 e. The van der Waals surface area contributed by atoms with Crippen LogP contribution >= 0.6 is 11.9 Å². The zero-order valence-electron chi connectivity index (χ0n) is 14.1. The van der Waals surface area contributed by atoms with Gasteiger partial charge < -0.3 is 5.32 Å². The van der Waals surface area contributed by atoms with Crippen molar-refractivity contribution in [2.45, 2.75) is 31.1 Å². The Hall–Kier alpha value is -2.14. The van der Waals surface area contributed by atoms with Crippen LogP contribution in [0.2, 0.25) is 0 Å². The molecule has 0 spiro atoms. The van der Waals surface area contributed by atoms with Crippen molar-refractivity contribution in [2.75, 3.05) is 0 Å². The first kappa shape index (κ1) is 16.3. The average molecular weight is 347 g/mol. The maximum Gasteiger partial charge on any atom is 0.0351 e. The summed E-state index contributed by atoms with van der Waals surface area (Å²) in [6.07, 6.45) is 3.71. The molecule has 0 saturated carbocycles. The molecule has 0 saturated heterocycles. The Morgan fingerprint density at radius 1 is 0.840 bits per heavy atom. The van der Waals surface area contributed by atoms with Gasteiger partial charge in [-0.3, -0.25) is 4.98 Å². The summed E-state index contributed by atoms with van der Waals surface area (Å²) in [4.78, 5) is 5.43. The highest BCUT2D eigenvalue weighted by Crippen LogP contribution is 2.32. The molecule has 3 nitrogen and oxygen atoms in total. The van der Waals surface area contributed by atoms with Crippen molar-refractivity contribution in [3.8, 4) is 0 Å². The van der Waals surface area contributed by atoms with Gasteiger partial charge in [0.1, 0.15) is 0 Å². The predicted molar refractivity (Wildman–Crippen MR) is 103 cm³/mol. The van der Waals surface area contributed by atoms with Crippen LogP contribution in [-0.4, -0.2) is 9.29 Å². The topological polar surface area (TPSA) is 28.2 Å². The van der Waals surface area contributed by atoms with Crippen LogP contribution < -0.4 is 5.32 Å². The van der Waals surface area contributed by atoms with E-state index >= 15 is 0 Å². The van der Waals surface area contributed by atoms with Gasteiger partial charge in [0.05, 0.1) is 0 Å². The highest BCUT2D eigenvalue weighted by molar-refractivity contribution is 7.97. The minimum absolute atomic E-state index is 0.844. The van der Waals surface area contributed by atoms with E-state index < -0.39 is 0 Å². The van der Waals surface area contributed by atoms with E-state index in [9.17, 15) is 0 Å². The van der Waals surface area contributed by atoms with Crippen molar-refractivity contribution >= 4 is 11.9 Å². The number of nitrogens with zero attached hydrogens (tertiary/aromatic N) is 2. The van der Waals surface area contributed by atoms with Gasteiger partial charge >= 0.3 is 0 Å². The summed E-state index contributed by atoms with van der Waals surface area (Å²) in [7, 11) is 0. The molecule has 1 N–H and O–H groups in total. The molecule has 0 unspecified atom stereocenters. The molecule has 25 heavy (non-hydrogen) atoms. The molecular formula is C21H21N3S. The number of hydrogen-bond donors (Lipinski definition) is 1. The zero-order valence-corrected chi connectivity index (χ0v) is 14.9. The molecule has 0 radical (unpaired) electrons. The lowest BCUT2D eigenvalue weighted by Crippen LogP contribution is -2.12. The second-order valence-corrected chi connectivity index (χ2v) is 7.44. The van der Waals surface area contributed by atoms with Crippen molar-refractivity contribution in [2.24, 2.45) is 0 Å². The van der Waals surface area contributed by atoms with Gasteiger partial charge in [-0.1, -0.05) is 42.5 Å². The molecular weight excluding hydrogens is 326 g/mol. The van der Waals surface area contributed by atoms with Crippen LogP contribution in [0.15, 0.2) is 78.0 Å². The van der Waals surface area contributed by atoms with Crippen LogP contribution in [0.1, 0.15) is 22.3 Å². The monoisotopic (exact) mass is 347 g/mol. The number of aromatic nitrogens is 1. The Balaban J connectivity index is 1.28. The highest BCUT2D eigenvalue weighted by atomic mass is 32.2. The van der Waals surface area contributed by atoms with Crippen molar-refractivity contribution in [3.05, 3.63) is 95.3 Å². The number of benzene rings is 2. The molecule has 0 fully saturated rings. The summed E-state index contributed by atoms with van der Waals surface area (Å²) >= 11 is 1.84. The third kappa shape index (κ3) is 4.28. The first-order valence-electron chi connectivity index (χ1n) is 8.55. The van der Waals surface area contributed by atoms with Crippen molar-refractivity contribution in [3.63, 3.8) is 0 Å². The van der Waals surface area contributed by atoms with E-state index in [0.29, 0.717) is 0 Å². The standard InChI is InChI=1S/C21H21N3S/c1-2-6-20-16-24(15-19(20)5-1)25-21-9-7-17(8-10-21)12-23-14-18-4-3-11-22-13-18/h1-11,13,23H,12,14-16H2. The summed E-state index contributed by atoms with van der Waals surface area (Å²) < 4.78 is 2.42. The number of rotatable bonds is 6. The Morgan fingerprint density at radius 3 is 2.24 bits per heavy atom. The van der Waals surface area contributed by atoms with Crippen LogP contribution in [0.5, 0.6) is 0 Å². The number of pyridine rings is 1. The fraction of sp³-hybridized carbons (Fsp3) is 0.190. The molecule has 4 heteroatoms. The lowest BCUT2D eigenvalue weighted by Gasteiger charge is -2.13. The molecule has 0 amide bonds. The Morgan fingerprint density at radius 2 is 1.56 bits per heavy atom. The quantitative estimate of drug-likeness (QED) is 0.669. The summed E-state index contributed by atoms with van der Waals surface area (Å²) in [5.41, 5.74) is 5.42. The molecule has 2 aromatic carbocycles. The smallest absolute Gasteiger partial charge is 0.0351 e. The average Bonchev–Trinajstić information content (AvgIpc) is 3.06. The van der Waals surface area contributed by atoms with E-state index in [1.54, 1.807) is 6.20 Å². The Kier molecular flexibility index (Phi) is 5.11. The minimum atomic E-state index is 0.844. The van der Waals surface area contributed by atoms with Gasteiger partial charge in [-0.15, -0.1) is 0 Å². The third-order valence-corrected chi connectivity index (χ3v) is 5.35. The first-order chi connectivity index (χ1) is 12.4. The van der Waals surface area contributed by atoms with Crippen molar-refractivity contribution in [1.29, 1.82) is 0 Å². The maximum atomic E-state index is 4.14. The number of nitrogens with one attached hydrogen (secondary N) is 1. The molecule has 0 bridgehead atoms. The van der Waals surface area contributed by atoms with Gasteiger partial charge in [0, 0.05) is 43.5 Å². The van der Waals surface area contributed by atoms with Crippen molar-refractivity contribution in [1.82, 2.24) is 14.6 Å². The number of fused-ring (bicyclic) bond motifs is 1. The molecule has 2 heterocycles. The van der Waals surface area contributed by atoms with E-state index in [2.05, 4.69) is 69.2 Å². The Bertz CT molecular complexity index is 793. The van der Waals surface area contributed by atoms with Gasteiger partial charge in [0.15, 0.2) is 0 Å². The fourth-order valence-electron chi connectivity index (χ4n) is 3.04. The van der Waals surface area contributed by atoms with Gasteiger partial charge in [-0.25, -0.2) is 4.31 Å². The second kappa shape index (κ2) is 7.83. The van der Waals surface area contributed by atoms with E-state index in [4.69, 9.17) is 0 Å². The molecule has 1 aromatic heterocycles. The van der Waals surface area contributed by atoms with E-state index in [1.165, 1.54) is 27.1 Å². The molecule has 1 aliphatic rings. The maximum absolute atomic E-state index is 4.14. The second-order valence-electron chi connectivity index (χ2n) is 6.27. The van der Waals surface area contributed by atoms with Crippen LogP contribution in [0.4, 0.5) is 0 Å². The largest absolute Gasteiger partial charge is 0.309 e. The highest BCUT2D eigenvalue weighted by Gasteiger charge is 2.18. The molecule has 4 rings (SSSR count). The number of hydrogen-bond acceptors (Lipinski definition) is 4. The molecule has 3 aromatic rings. The first-order valence-corrected chi connectivity index (χ1v) is 9.32. The normalized spacial score (nSPS) is 13.8. The van der Waals surface area contributed by atoms with E-state index in [1.807, 2.05) is 24.2 Å². The molecule has 126 valence electrons. The van der Waals surface area contributed by atoms with Gasteiger partial charge in [-0.05, 0) is 52.4 Å². The third-order valence-electron chi connectivity index (χ3n) is 4.35. The Labute approximate surface area is 153 Å². The van der Waals surface area contributed by atoms with Crippen molar-refractivity contribution < 1.29 is 0 Å².